The number of rotatable bonds is 5. The van der Waals surface area contributed by atoms with Gasteiger partial charge in [-0.1, -0.05) is 27.7 Å². The van der Waals surface area contributed by atoms with E-state index in [2.05, 4.69) is 5.32 Å². The average molecular weight is 201 g/mol. The van der Waals surface area contributed by atoms with Crippen LogP contribution < -0.4 is 5.32 Å². The Hall–Kier alpha value is -1.06. The third kappa shape index (κ3) is 4.84. The minimum atomic E-state index is -0.882. The van der Waals surface area contributed by atoms with Gasteiger partial charge in [-0.15, -0.1) is 0 Å². The Morgan fingerprint density at radius 1 is 1.21 bits per heavy atom. The van der Waals surface area contributed by atoms with E-state index in [0.29, 0.717) is 0 Å². The van der Waals surface area contributed by atoms with Gasteiger partial charge in [0.05, 0.1) is 6.42 Å². The first-order valence-electron chi connectivity index (χ1n) is 4.86. The number of carbonyl (C=O) groups is 2. The summed E-state index contributed by atoms with van der Waals surface area (Å²) < 4.78 is 0. The van der Waals surface area contributed by atoms with Gasteiger partial charge in [0, 0.05) is 12.0 Å². The molecule has 14 heavy (non-hydrogen) atoms. The van der Waals surface area contributed by atoms with Gasteiger partial charge in [0.25, 0.3) is 0 Å². The first kappa shape index (κ1) is 12.9. The van der Waals surface area contributed by atoms with Crippen LogP contribution in [0, 0.1) is 11.8 Å². The van der Waals surface area contributed by atoms with Crippen LogP contribution in [0.15, 0.2) is 0 Å². The Labute approximate surface area is 84.7 Å². The van der Waals surface area contributed by atoms with Gasteiger partial charge in [-0.2, -0.15) is 0 Å². The van der Waals surface area contributed by atoms with Crippen molar-refractivity contribution in [2.75, 3.05) is 0 Å². The molecule has 0 radical (unpaired) electrons. The maximum Gasteiger partial charge on any atom is 0.305 e. The van der Waals surface area contributed by atoms with E-state index < -0.39 is 5.97 Å². The maximum atomic E-state index is 11.3. The lowest BCUT2D eigenvalue weighted by molar-refractivity contribution is -0.138. The summed E-state index contributed by atoms with van der Waals surface area (Å²) in [6.45, 7) is 7.36. The van der Waals surface area contributed by atoms with Crippen LogP contribution in [0.4, 0.5) is 0 Å². The highest BCUT2D eigenvalue weighted by Gasteiger charge is 2.20. The van der Waals surface area contributed by atoms with E-state index >= 15 is 0 Å². The van der Waals surface area contributed by atoms with Crippen molar-refractivity contribution in [2.24, 2.45) is 11.8 Å². The zero-order valence-electron chi connectivity index (χ0n) is 9.20. The topological polar surface area (TPSA) is 66.4 Å². The molecular formula is C10H19NO3. The fourth-order valence-electron chi connectivity index (χ4n) is 0.991. The van der Waals surface area contributed by atoms with Crippen molar-refractivity contribution in [2.45, 2.75) is 40.2 Å². The second kappa shape index (κ2) is 5.62. The zero-order valence-corrected chi connectivity index (χ0v) is 9.20. The van der Waals surface area contributed by atoms with E-state index in [9.17, 15) is 9.59 Å². The summed E-state index contributed by atoms with van der Waals surface area (Å²) in [6, 6.07) is -0.276. The molecule has 2 N–H and O–H groups in total. The Balaban J connectivity index is 4.23. The van der Waals surface area contributed by atoms with Crippen molar-refractivity contribution < 1.29 is 14.7 Å². The number of carbonyl (C=O) groups excluding carboxylic acids is 1. The second-order valence-electron chi connectivity index (χ2n) is 4.11. The van der Waals surface area contributed by atoms with Gasteiger partial charge >= 0.3 is 5.97 Å². The van der Waals surface area contributed by atoms with Gasteiger partial charge in [0.2, 0.25) is 5.91 Å². The zero-order chi connectivity index (χ0) is 11.3. The van der Waals surface area contributed by atoms with Gasteiger partial charge in [0.15, 0.2) is 0 Å². The second-order valence-corrected chi connectivity index (χ2v) is 4.11. The van der Waals surface area contributed by atoms with Gasteiger partial charge in [-0.3, -0.25) is 9.59 Å². The van der Waals surface area contributed by atoms with Gasteiger partial charge in [-0.25, -0.2) is 0 Å². The van der Waals surface area contributed by atoms with Crippen LogP contribution in [0.25, 0.3) is 0 Å². The molecule has 0 aliphatic carbocycles. The minimum absolute atomic E-state index is 0.0177. The SMILES string of the molecule is CC(C)C(=O)NC(CC(=O)O)C(C)C. The molecule has 0 aliphatic heterocycles. The first-order chi connectivity index (χ1) is 6.34. The number of carboxylic acids is 1. The molecule has 1 atom stereocenters. The highest BCUT2D eigenvalue weighted by atomic mass is 16.4. The van der Waals surface area contributed by atoms with Gasteiger partial charge < -0.3 is 10.4 Å². The summed E-state index contributed by atoms with van der Waals surface area (Å²) in [7, 11) is 0. The van der Waals surface area contributed by atoms with Crippen molar-refractivity contribution in [1.29, 1.82) is 0 Å². The minimum Gasteiger partial charge on any atom is -0.481 e. The Morgan fingerprint density at radius 3 is 2.00 bits per heavy atom. The van der Waals surface area contributed by atoms with Crippen LogP contribution in [-0.4, -0.2) is 23.0 Å². The first-order valence-corrected chi connectivity index (χ1v) is 4.86. The predicted octanol–water partition coefficient (Wildman–Crippen LogP) is 1.26. The molecule has 0 aromatic rings. The highest BCUT2D eigenvalue weighted by molar-refractivity contribution is 5.79. The van der Waals surface area contributed by atoms with Crippen LogP contribution >= 0.6 is 0 Å². The molecule has 4 nitrogen and oxygen atoms in total. The van der Waals surface area contributed by atoms with Crippen LogP contribution in [0.5, 0.6) is 0 Å². The van der Waals surface area contributed by atoms with E-state index in [-0.39, 0.29) is 30.2 Å². The molecule has 82 valence electrons. The van der Waals surface area contributed by atoms with E-state index in [0.717, 1.165) is 0 Å². The fourth-order valence-corrected chi connectivity index (χ4v) is 0.991. The number of hydrogen-bond donors (Lipinski definition) is 2. The maximum absolute atomic E-state index is 11.3. The number of aliphatic carboxylic acids is 1. The summed E-state index contributed by atoms with van der Waals surface area (Å²) >= 11 is 0. The van der Waals surface area contributed by atoms with Crippen LogP contribution in [0.2, 0.25) is 0 Å². The third-order valence-corrected chi connectivity index (χ3v) is 2.05. The lowest BCUT2D eigenvalue weighted by atomic mass is 10.00. The smallest absolute Gasteiger partial charge is 0.305 e. The normalized spacial score (nSPS) is 13.0. The average Bonchev–Trinajstić information content (AvgIpc) is 2.01. The van der Waals surface area contributed by atoms with Crippen molar-refractivity contribution in [3.05, 3.63) is 0 Å². The quantitative estimate of drug-likeness (QED) is 0.703. The van der Waals surface area contributed by atoms with Crippen LogP contribution in [0.1, 0.15) is 34.1 Å². The Kier molecular flexibility index (Phi) is 5.20. The predicted molar refractivity (Wildman–Crippen MR) is 53.9 cm³/mol. The molecule has 0 spiro atoms. The standard InChI is InChI=1S/C10H19NO3/c1-6(2)8(5-9(12)13)11-10(14)7(3)4/h6-8H,5H2,1-4H3,(H,11,14)(H,12,13). The van der Waals surface area contributed by atoms with Crippen LogP contribution in [0.3, 0.4) is 0 Å². The number of nitrogens with one attached hydrogen (secondary N) is 1. The van der Waals surface area contributed by atoms with E-state index in [1.54, 1.807) is 13.8 Å². The molecule has 0 rings (SSSR count). The highest BCUT2D eigenvalue weighted by Crippen LogP contribution is 2.07. The van der Waals surface area contributed by atoms with E-state index in [4.69, 9.17) is 5.11 Å². The molecule has 0 fully saturated rings. The molecule has 0 saturated carbocycles. The van der Waals surface area contributed by atoms with E-state index in [1.807, 2.05) is 13.8 Å². The summed E-state index contributed by atoms with van der Waals surface area (Å²) in [5, 5.41) is 11.4. The van der Waals surface area contributed by atoms with Crippen molar-refractivity contribution in [1.82, 2.24) is 5.32 Å². The van der Waals surface area contributed by atoms with Gasteiger partial charge in [-0.05, 0) is 5.92 Å². The molecule has 0 heterocycles. The number of amides is 1. The van der Waals surface area contributed by atoms with Crippen molar-refractivity contribution in [3.8, 4) is 0 Å². The summed E-state index contributed by atoms with van der Waals surface area (Å²) in [5.41, 5.74) is 0. The molecular weight excluding hydrogens is 182 g/mol. The molecule has 0 bridgehead atoms. The molecule has 4 heteroatoms. The molecule has 0 aromatic heterocycles. The van der Waals surface area contributed by atoms with Crippen LogP contribution in [-0.2, 0) is 9.59 Å². The number of carboxylic acid groups (broad SMARTS) is 1. The summed E-state index contributed by atoms with van der Waals surface area (Å²) in [6.07, 6.45) is -0.0177. The summed E-state index contributed by atoms with van der Waals surface area (Å²) in [4.78, 5) is 21.8. The monoisotopic (exact) mass is 201 g/mol. The molecule has 1 unspecified atom stereocenters. The summed E-state index contributed by atoms with van der Waals surface area (Å²) in [5.74, 6) is -0.948. The molecule has 0 saturated heterocycles. The lowest BCUT2D eigenvalue weighted by Gasteiger charge is -2.21. The van der Waals surface area contributed by atoms with Gasteiger partial charge in [0.1, 0.15) is 0 Å². The van der Waals surface area contributed by atoms with Crippen molar-refractivity contribution in [3.63, 3.8) is 0 Å². The van der Waals surface area contributed by atoms with E-state index in [1.165, 1.54) is 0 Å². The largest absolute Gasteiger partial charge is 0.481 e. The fraction of sp³-hybridized carbons (Fsp3) is 0.800. The lowest BCUT2D eigenvalue weighted by Crippen LogP contribution is -2.41. The number of hydrogen-bond acceptors (Lipinski definition) is 2. The third-order valence-electron chi connectivity index (χ3n) is 2.05. The van der Waals surface area contributed by atoms with Crippen molar-refractivity contribution >= 4 is 11.9 Å². The molecule has 0 aromatic carbocycles. The molecule has 1 amide bonds. The molecule has 0 aliphatic rings. The Morgan fingerprint density at radius 2 is 1.71 bits per heavy atom. The Bertz CT molecular complexity index is 211.